The number of aliphatic carboxylic acids is 3. The van der Waals surface area contributed by atoms with E-state index in [1.54, 1.807) is 0 Å². The smallest absolute Gasteiger partial charge is 0.326 e. The van der Waals surface area contributed by atoms with E-state index in [1.807, 2.05) is 0 Å². The summed E-state index contributed by atoms with van der Waals surface area (Å²) in [5, 5.41) is 31.9. The Bertz CT molecular complexity index is 555. The van der Waals surface area contributed by atoms with Crippen molar-refractivity contribution in [2.45, 2.75) is 56.7 Å². The Kier molecular flexibility index (Phi) is 11.6. The van der Waals surface area contributed by atoms with Gasteiger partial charge >= 0.3 is 17.9 Å². The van der Waals surface area contributed by atoms with Crippen LogP contribution in [0.1, 0.15) is 38.5 Å². The van der Waals surface area contributed by atoms with E-state index in [-0.39, 0.29) is 53.3 Å². The Labute approximate surface area is 187 Å². The molecule has 28 heavy (non-hydrogen) atoms. The van der Waals surface area contributed by atoms with Gasteiger partial charge in [0.05, 0.1) is 0 Å². The van der Waals surface area contributed by atoms with Gasteiger partial charge in [-0.3, -0.25) is 14.4 Å². The Morgan fingerprint density at radius 1 is 0.607 bits per heavy atom. The zero-order chi connectivity index (χ0) is 20.6. The predicted octanol–water partition coefficient (Wildman–Crippen LogP) is -1.95. The van der Waals surface area contributed by atoms with E-state index in [4.69, 9.17) is 15.3 Å². The molecule has 3 rings (SSSR count). The molecule has 6 N–H and O–H groups in total. The summed E-state index contributed by atoms with van der Waals surface area (Å²) >= 11 is 0. The maximum absolute atomic E-state index is 10.4. The van der Waals surface area contributed by atoms with Gasteiger partial charge in [-0.05, 0) is 19.3 Å². The van der Waals surface area contributed by atoms with Crippen molar-refractivity contribution in [1.82, 2.24) is 16.0 Å². The van der Waals surface area contributed by atoms with E-state index in [2.05, 4.69) is 16.0 Å². The predicted molar refractivity (Wildman–Crippen MR) is 86.4 cm³/mol. The van der Waals surface area contributed by atoms with Crippen LogP contribution in [0.15, 0.2) is 0 Å². The second kappa shape index (κ2) is 12.5. The monoisotopic (exact) mass is 526 g/mol. The second-order valence-corrected chi connectivity index (χ2v) is 5.99. The first-order valence-electron chi connectivity index (χ1n) is 8.16. The molecular weight excluding hydrogens is 505 g/mol. The quantitative estimate of drug-likeness (QED) is 0.242. The number of carbonyl (C=O) groups excluding carboxylic acids is 3. The van der Waals surface area contributed by atoms with E-state index in [9.17, 15) is 28.8 Å². The van der Waals surface area contributed by atoms with Crippen molar-refractivity contribution < 1.29 is 79.7 Å². The molecule has 3 amide bonds. The molecule has 3 unspecified atom stereocenters. The topological polar surface area (TPSA) is 199 Å². The van der Waals surface area contributed by atoms with Gasteiger partial charge in [0.2, 0.25) is 17.7 Å². The molecule has 0 bridgehead atoms. The summed E-state index contributed by atoms with van der Waals surface area (Å²) in [6.07, 6.45) is 2.31. The number of carbonyl (C=O) groups is 6. The van der Waals surface area contributed by atoms with Crippen molar-refractivity contribution in [3.05, 3.63) is 0 Å². The SMILES string of the molecule is O=C1CCC(C(=O)O)N1.O=C1CCC(C(=O)O)N1.O=C1CCC(C(=O)O)N1.[La]. The van der Waals surface area contributed by atoms with Crippen molar-refractivity contribution in [2.24, 2.45) is 0 Å². The van der Waals surface area contributed by atoms with Crippen LogP contribution < -0.4 is 16.0 Å². The molecule has 3 heterocycles. The summed E-state index contributed by atoms with van der Waals surface area (Å²) in [6.45, 7) is 0. The second-order valence-electron chi connectivity index (χ2n) is 5.99. The summed E-state index contributed by atoms with van der Waals surface area (Å²) in [6, 6.07) is -1.92. The van der Waals surface area contributed by atoms with E-state index in [0.29, 0.717) is 38.5 Å². The number of nitrogens with one attached hydrogen (secondary N) is 3. The fourth-order valence-electron chi connectivity index (χ4n) is 2.40. The summed E-state index contributed by atoms with van der Waals surface area (Å²) in [7, 11) is 0. The van der Waals surface area contributed by atoms with Crippen molar-refractivity contribution >= 4 is 35.6 Å². The first-order valence-corrected chi connectivity index (χ1v) is 8.16. The maximum atomic E-state index is 10.4. The van der Waals surface area contributed by atoms with Gasteiger partial charge in [0.1, 0.15) is 18.1 Å². The number of hydrogen-bond acceptors (Lipinski definition) is 6. The van der Waals surface area contributed by atoms with Gasteiger partial charge < -0.3 is 31.3 Å². The summed E-state index contributed by atoms with van der Waals surface area (Å²) < 4.78 is 0. The molecule has 0 spiro atoms. The van der Waals surface area contributed by atoms with Crippen LogP contribution in [0.2, 0.25) is 0 Å². The first kappa shape index (κ1) is 26.0. The van der Waals surface area contributed by atoms with Crippen LogP contribution in [-0.4, -0.2) is 69.1 Å². The molecule has 3 aliphatic rings. The summed E-state index contributed by atoms with van der Waals surface area (Å²) in [5.74, 6) is -3.32. The van der Waals surface area contributed by atoms with Gasteiger partial charge in [0.15, 0.2) is 0 Å². The van der Waals surface area contributed by atoms with Crippen LogP contribution >= 0.6 is 0 Å². The number of amides is 3. The largest absolute Gasteiger partial charge is 0.480 e. The maximum Gasteiger partial charge on any atom is 0.326 e. The number of carboxylic acids is 3. The molecule has 3 saturated heterocycles. The molecule has 0 saturated carbocycles. The number of hydrogen-bond donors (Lipinski definition) is 6. The van der Waals surface area contributed by atoms with Gasteiger partial charge in [-0.1, -0.05) is 0 Å². The Morgan fingerprint density at radius 2 is 0.821 bits per heavy atom. The minimum atomic E-state index is -0.944. The zero-order valence-electron chi connectivity index (χ0n) is 14.8. The minimum absolute atomic E-state index is 0. The Hall–Kier alpha value is -1.99. The molecule has 0 aliphatic carbocycles. The molecule has 3 aliphatic heterocycles. The van der Waals surface area contributed by atoms with Crippen molar-refractivity contribution in [3.63, 3.8) is 0 Å². The Balaban J connectivity index is 0.000000384. The molecule has 153 valence electrons. The zero-order valence-corrected chi connectivity index (χ0v) is 18.5. The van der Waals surface area contributed by atoms with Crippen molar-refractivity contribution in [2.75, 3.05) is 0 Å². The van der Waals surface area contributed by atoms with Gasteiger partial charge in [-0.2, -0.15) is 0 Å². The molecule has 3 atom stereocenters. The number of carboxylic acid groups (broad SMARTS) is 3. The molecule has 12 nitrogen and oxygen atoms in total. The molecule has 0 aromatic heterocycles. The molecule has 0 aromatic rings. The van der Waals surface area contributed by atoms with Crippen LogP contribution in [0.3, 0.4) is 0 Å². The average molecular weight is 526 g/mol. The summed E-state index contributed by atoms with van der Waals surface area (Å²) in [5.41, 5.74) is 0. The van der Waals surface area contributed by atoms with Gasteiger partial charge in [0.25, 0.3) is 0 Å². The molecule has 0 aromatic carbocycles. The van der Waals surface area contributed by atoms with Gasteiger partial charge in [0, 0.05) is 54.9 Å². The van der Waals surface area contributed by atoms with Crippen molar-refractivity contribution in [3.8, 4) is 0 Å². The molecular formula is C15H21LaN3O9. The number of rotatable bonds is 3. The molecule has 13 heteroatoms. The van der Waals surface area contributed by atoms with Crippen LogP contribution in [0.25, 0.3) is 0 Å². The third-order valence-electron chi connectivity index (χ3n) is 3.88. The normalized spacial score (nSPS) is 24.9. The molecule has 3 fully saturated rings. The summed E-state index contributed by atoms with van der Waals surface area (Å²) in [4.78, 5) is 61.5. The van der Waals surface area contributed by atoms with Gasteiger partial charge in [-0.15, -0.1) is 0 Å². The van der Waals surface area contributed by atoms with E-state index < -0.39 is 36.0 Å². The third-order valence-corrected chi connectivity index (χ3v) is 3.88. The van der Waals surface area contributed by atoms with E-state index >= 15 is 0 Å². The van der Waals surface area contributed by atoms with Crippen LogP contribution in [-0.2, 0) is 28.8 Å². The minimum Gasteiger partial charge on any atom is -0.480 e. The fraction of sp³-hybridized carbons (Fsp3) is 0.600. The van der Waals surface area contributed by atoms with Crippen LogP contribution in [0.5, 0.6) is 0 Å². The van der Waals surface area contributed by atoms with Crippen LogP contribution in [0, 0.1) is 35.6 Å². The Morgan fingerprint density at radius 3 is 0.893 bits per heavy atom. The fourth-order valence-corrected chi connectivity index (χ4v) is 2.40. The first-order chi connectivity index (χ1) is 12.6. The van der Waals surface area contributed by atoms with E-state index in [0.717, 1.165) is 0 Å². The van der Waals surface area contributed by atoms with Crippen molar-refractivity contribution in [1.29, 1.82) is 0 Å². The van der Waals surface area contributed by atoms with Crippen LogP contribution in [0.4, 0.5) is 0 Å². The standard InChI is InChI=1S/3C5H7NO3.La/c3*7-4-2-1-3(6-4)5(8)9;/h3*3H,1-2H2,(H,6,7)(H,8,9);. The molecule has 1 radical (unpaired) electrons. The van der Waals surface area contributed by atoms with E-state index in [1.165, 1.54) is 0 Å². The van der Waals surface area contributed by atoms with Gasteiger partial charge in [-0.25, -0.2) is 14.4 Å². The average Bonchev–Trinajstić information content (AvgIpc) is 3.30. The third kappa shape index (κ3) is 9.28.